The monoisotopic (exact) mass is 459 g/mol. The number of hydrogen-bond donors (Lipinski definition) is 0. The molecule has 2 aliphatic heterocycles. The Hall–Kier alpha value is -3.74. The molecule has 0 N–H and O–H groups in total. The normalized spacial score (nSPS) is 19.0. The summed E-state index contributed by atoms with van der Waals surface area (Å²) in [6, 6.07) is 11.8. The number of amides is 1. The third kappa shape index (κ3) is 4.14. The van der Waals surface area contributed by atoms with Gasteiger partial charge in [-0.1, -0.05) is 6.07 Å². The van der Waals surface area contributed by atoms with Crippen LogP contribution < -0.4 is 14.2 Å². The lowest BCUT2D eigenvalue weighted by Gasteiger charge is -2.38. The number of piperidine rings is 1. The summed E-state index contributed by atoms with van der Waals surface area (Å²) in [5, 5.41) is 0. The van der Waals surface area contributed by atoms with Gasteiger partial charge in [0.2, 0.25) is 5.91 Å². The van der Waals surface area contributed by atoms with E-state index in [1.807, 2.05) is 65.1 Å². The molecule has 2 aliphatic rings. The van der Waals surface area contributed by atoms with Crippen molar-refractivity contribution in [3.05, 3.63) is 71.3 Å². The van der Waals surface area contributed by atoms with Crippen molar-refractivity contribution in [3.8, 4) is 22.9 Å². The van der Waals surface area contributed by atoms with Crippen LogP contribution in [0, 0.1) is 6.92 Å². The zero-order chi connectivity index (χ0) is 23.7. The van der Waals surface area contributed by atoms with E-state index in [0.717, 1.165) is 71.1 Å². The van der Waals surface area contributed by atoms with Gasteiger partial charge in [-0.25, -0.2) is 4.98 Å². The Bertz CT molecular complexity index is 1250. The zero-order valence-electron chi connectivity index (χ0n) is 19.8. The van der Waals surface area contributed by atoms with Gasteiger partial charge in [-0.05, 0) is 61.7 Å². The Morgan fingerprint density at radius 2 is 2.03 bits per heavy atom. The van der Waals surface area contributed by atoms with E-state index in [4.69, 9.17) is 14.2 Å². The molecule has 0 bridgehead atoms. The number of aromatic nitrogens is 2. The smallest absolute Gasteiger partial charge is 0.250 e. The van der Waals surface area contributed by atoms with Crippen LogP contribution in [-0.2, 0) is 4.79 Å². The second-order valence-electron chi connectivity index (χ2n) is 8.68. The van der Waals surface area contributed by atoms with Crippen molar-refractivity contribution in [2.45, 2.75) is 32.2 Å². The van der Waals surface area contributed by atoms with E-state index < -0.39 is 0 Å². The molecular formula is C27H29N3O4. The first-order chi connectivity index (χ1) is 16.6. The molecule has 5 rings (SSSR count). The number of aryl methyl sites for hydroxylation is 1. The molecule has 176 valence electrons. The molecule has 0 unspecified atom stereocenters. The topological polar surface area (TPSA) is 65.8 Å². The SMILES string of the molecule is COc1ccc2c(c1)[C@H](N1CCC/C(=C\c3ccc(-n4cnc(C)c4)c(OC)c3)C1=O)CCO2. The first kappa shape index (κ1) is 22.1. The van der Waals surface area contributed by atoms with Crippen LogP contribution in [0.2, 0.25) is 0 Å². The maximum Gasteiger partial charge on any atom is 0.250 e. The van der Waals surface area contributed by atoms with Crippen molar-refractivity contribution < 1.29 is 19.0 Å². The first-order valence-corrected chi connectivity index (χ1v) is 11.6. The number of likely N-dealkylation sites (tertiary alicyclic amines) is 1. The van der Waals surface area contributed by atoms with E-state index in [2.05, 4.69) is 4.98 Å². The lowest BCUT2D eigenvalue weighted by Crippen LogP contribution is -2.41. The van der Waals surface area contributed by atoms with E-state index in [1.165, 1.54) is 0 Å². The lowest BCUT2D eigenvalue weighted by molar-refractivity contribution is -0.131. The highest BCUT2D eigenvalue weighted by Gasteiger charge is 2.34. The molecule has 1 fully saturated rings. The first-order valence-electron chi connectivity index (χ1n) is 11.6. The largest absolute Gasteiger partial charge is 0.497 e. The van der Waals surface area contributed by atoms with E-state index >= 15 is 0 Å². The molecular weight excluding hydrogens is 430 g/mol. The minimum Gasteiger partial charge on any atom is -0.497 e. The van der Waals surface area contributed by atoms with Gasteiger partial charge in [-0.2, -0.15) is 0 Å². The molecule has 7 nitrogen and oxygen atoms in total. The summed E-state index contributed by atoms with van der Waals surface area (Å²) in [5.41, 5.74) is 4.62. The fourth-order valence-corrected chi connectivity index (χ4v) is 4.82. The summed E-state index contributed by atoms with van der Waals surface area (Å²) in [7, 11) is 3.31. The number of hydrogen-bond acceptors (Lipinski definition) is 5. The van der Waals surface area contributed by atoms with Crippen LogP contribution in [-0.4, -0.2) is 47.7 Å². The van der Waals surface area contributed by atoms with Gasteiger partial charge < -0.3 is 23.7 Å². The van der Waals surface area contributed by atoms with Crippen molar-refractivity contribution in [2.75, 3.05) is 27.4 Å². The van der Waals surface area contributed by atoms with Gasteiger partial charge >= 0.3 is 0 Å². The van der Waals surface area contributed by atoms with E-state index in [-0.39, 0.29) is 11.9 Å². The van der Waals surface area contributed by atoms with Crippen LogP contribution in [0.15, 0.2) is 54.5 Å². The Kier molecular flexibility index (Phi) is 6.01. The maximum absolute atomic E-state index is 13.6. The number of carbonyl (C=O) groups excluding carboxylic acids is 1. The van der Waals surface area contributed by atoms with Crippen LogP contribution in [0.4, 0.5) is 0 Å². The predicted octanol–water partition coefficient (Wildman–Crippen LogP) is 4.73. The minimum absolute atomic E-state index is 0.0172. The molecule has 1 aromatic heterocycles. The second-order valence-corrected chi connectivity index (χ2v) is 8.68. The number of methoxy groups -OCH3 is 2. The minimum atomic E-state index is -0.0172. The molecule has 0 radical (unpaired) electrons. The summed E-state index contributed by atoms with van der Waals surface area (Å²) in [5.74, 6) is 2.42. The van der Waals surface area contributed by atoms with Crippen LogP contribution in [0.1, 0.15) is 42.1 Å². The van der Waals surface area contributed by atoms with Crippen LogP contribution in [0.5, 0.6) is 17.2 Å². The van der Waals surface area contributed by atoms with E-state index in [0.29, 0.717) is 6.61 Å². The summed E-state index contributed by atoms with van der Waals surface area (Å²) in [6.07, 6.45) is 8.18. The van der Waals surface area contributed by atoms with Crippen LogP contribution in [0.25, 0.3) is 11.8 Å². The Balaban J connectivity index is 1.43. The van der Waals surface area contributed by atoms with Gasteiger partial charge in [0.1, 0.15) is 17.2 Å². The van der Waals surface area contributed by atoms with E-state index in [9.17, 15) is 4.79 Å². The van der Waals surface area contributed by atoms with Gasteiger partial charge in [-0.3, -0.25) is 4.79 Å². The number of fused-ring (bicyclic) bond motifs is 1. The molecule has 3 aromatic rings. The highest BCUT2D eigenvalue weighted by atomic mass is 16.5. The predicted molar refractivity (Wildman–Crippen MR) is 130 cm³/mol. The number of nitrogens with zero attached hydrogens (tertiary/aromatic N) is 3. The standard InChI is InChI=1S/C27H29N3O4/c1-18-16-29(17-28-18)24-8-6-19(14-26(24)33-3)13-20-5-4-11-30(27(20)31)23-10-12-34-25-9-7-21(32-2)15-22(23)25/h6-9,13-17,23H,4-5,10-12H2,1-3H3/b20-13+/t23-/m1/s1. The highest BCUT2D eigenvalue weighted by molar-refractivity contribution is 5.99. The van der Waals surface area contributed by atoms with Crippen molar-refractivity contribution in [2.24, 2.45) is 0 Å². The number of benzene rings is 2. The van der Waals surface area contributed by atoms with Gasteiger partial charge in [0.25, 0.3) is 0 Å². The molecule has 3 heterocycles. The average Bonchev–Trinajstić information content (AvgIpc) is 3.30. The highest BCUT2D eigenvalue weighted by Crippen LogP contribution is 2.40. The van der Waals surface area contributed by atoms with Gasteiger partial charge in [0, 0.05) is 30.3 Å². The summed E-state index contributed by atoms with van der Waals surface area (Å²) in [6.45, 7) is 3.29. The van der Waals surface area contributed by atoms with Crippen molar-refractivity contribution >= 4 is 12.0 Å². The molecule has 0 spiro atoms. The van der Waals surface area contributed by atoms with Gasteiger partial charge in [0.05, 0.1) is 44.6 Å². The van der Waals surface area contributed by atoms with Crippen molar-refractivity contribution in [1.29, 1.82) is 0 Å². The van der Waals surface area contributed by atoms with E-state index in [1.54, 1.807) is 20.5 Å². The Morgan fingerprint density at radius 3 is 2.79 bits per heavy atom. The number of ether oxygens (including phenoxy) is 3. The second kappa shape index (κ2) is 9.25. The molecule has 1 amide bonds. The molecule has 7 heteroatoms. The third-order valence-corrected chi connectivity index (χ3v) is 6.52. The summed E-state index contributed by atoms with van der Waals surface area (Å²) >= 11 is 0. The molecule has 2 aromatic carbocycles. The molecule has 0 aliphatic carbocycles. The molecule has 34 heavy (non-hydrogen) atoms. The molecule has 0 saturated carbocycles. The fraction of sp³-hybridized carbons (Fsp3) is 0.333. The van der Waals surface area contributed by atoms with Gasteiger partial charge in [0.15, 0.2) is 0 Å². The quantitative estimate of drug-likeness (QED) is 0.516. The average molecular weight is 460 g/mol. The summed E-state index contributed by atoms with van der Waals surface area (Å²) < 4.78 is 18.9. The van der Waals surface area contributed by atoms with Crippen LogP contribution >= 0.6 is 0 Å². The number of rotatable bonds is 5. The van der Waals surface area contributed by atoms with Crippen molar-refractivity contribution in [3.63, 3.8) is 0 Å². The third-order valence-electron chi connectivity index (χ3n) is 6.52. The Morgan fingerprint density at radius 1 is 1.15 bits per heavy atom. The number of imidazole rings is 1. The maximum atomic E-state index is 13.6. The molecule has 1 atom stereocenters. The van der Waals surface area contributed by atoms with Crippen molar-refractivity contribution in [1.82, 2.24) is 14.5 Å². The lowest BCUT2D eigenvalue weighted by atomic mass is 9.93. The number of carbonyl (C=O) groups is 1. The van der Waals surface area contributed by atoms with Crippen LogP contribution in [0.3, 0.4) is 0 Å². The summed E-state index contributed by atoms with van der Waals surface area (Å²) in [4.78, 5) is 19.9. The Labute approximate surface area is 199 Å². The van der Waals surface area contributed by atoms with Gasteiger partial charge in [-0.15, -0.1) is 0 Å². The zero-order valence-corrected chi connectivity index (χ0v) is 19.8. The fourth-order valence-electron chi connectivity index (χ4n) is 4.82. The molecule has 1 saturated heterocycles.